The van der Waals surface area contributed by atoms with Crippen LogP contribution in [0.15, 0.2) is 188 Å². The number of nitrogens with zero attached hydrogens (tertiary/aromatic N) is 3. The predicted octanol–water partition coefficient (Wildman–Crippen LogP) is 11.9. The van der Waals surface area contributed by atoms with Crippen molar-refractivity contribution in [1.82, 2.24) is 9.13 Å². The predicted molar refractivity (Wildman–Crippen MR) is 198 cm³/mol. The van der Waals surface area contributed by atoms with Gasteiger partial charge in [-0.3, -0.25) is 9.13 Å². The van der Waals surface area contributed by atoms with E-state index in [1.165, 1.54) is 32.8 Å². The summed E-state index contributed by atoms with van der Waals surface area (Å²) in [5.41, 5.74) is 11.5. The maximum Gasteiger partial charge on any atom is 0.131 e. The Hall–Kier alpha value is -6.32. The van der Waals surface area contributed by atoms with Crippen molar-refractivity contribution in [3.8, 4) is 22.5 Å². The number of para-hydroxylation sites is 4. The average molecular weight is 602 g/mol. The third kappa shape index (κ3) is 4.44. The molecule has 0 radical (unpaired) electrons. The molecule has 0 atom stereocenters. The lowest BCUT2D eigenvalue weighted by atomic mass is 10.0. The van der Waals surface area contributed by atoms with Gasteiger partial charge < -0.3 is 4.90 Å². The van der Waals surface area contributed by atoms with Crippen LogP contribution in [0, 0.1) is 0 Å². The Labute approximate surface area is 273 Å². The van der Waals surface area contributed by atoms with Gasteiger partial charge in [-0.15, -0.1) is 0 Å². The lowest BCUT2D eigenvalue weighted by molar-refractivity contribution is 1.07. The third-order valence-corrected chi connectivity index (χ3v) is 9.09. The van der Waals surface area contributed by atoms with E-state index in [4.69, 9.17) is 0 Å². The monoisotopic (exact) mass is 601 g/mol. The molecule has 0 N–H and O–H groups in total. The zero-order chi connectivity index (χ0) is 31.2. The number of benzene rings is 7. The fourth-order valence-electron chi connectivity index (χ4n) is 7.07. The largest absolute Gasteiger partial charge is 0.310 e. The molecule has 2 aromatic heterocycles. The third-order valence-electron chi connectivity index (χ3n) is 9.09. The summed E-state index contributed by atoms with van der Waals surface area (Å²) in [4.78, 5) is 2.40. The lowest BCUT2D eigenvalue weighted by Gasteiger charge is -2.26. The molecule has 0 saturated heterocycles. The van der Waals surface area contributed by atoms with Crippen molar-refractivity contribution in [3.63, 3.8) is 0 Å². The van der Waals surface area contributed by atoms with Crippen molar-refractivity contribution in [2.24, 2.45) is 0 Å². The molecule has 3 heteroatoms. The summed E-state index contributed by atoms with van der Waals surface area (Å²) < 4.78 is 4.85. The van der Waals surface area contributed by atoms with Crippen LogP contribution in [0.25, 0.3) is 55.3 Å². The van der Waals surface area contributed by atoms with Crippen LogP contribution in [0.2, 0.25) is 0 Å². The van der Waals surface area contributed by atoms with Gasteiger partial charge in [0.15, 0.2) is 0 Å². The smallest absolute Gasteiger partial charge is 0.131 e. The molecule has 0 fully saturated rings. The second-order valence-corrected chi connectivity index (χ2v) is 11.8. The molecule has 3 nitrogen and oxygen atoms in total. The number of rotatable bonds is 6. The molecule has 0 aliphatic carbocycles. The molecule has 0 aliphatic rings. The summed E-state index contributed by atoms with van der Waals surface area (Å²) in [6.45, 7) is 0. The lowest BCUT2D eigenvalue weighted by Crippen LogP contribution is -2.10. The minimum atomic E-state index is 1.11. The highest BCUT2D eigenvalue weighted by atomic mass is 15.2. The fourth-order valence-corrected chi connectivity index (χ4v) is 7.07. The maximum atomic E-state index is 2.43. The topological polar surface area (TPSA) is 13.1 Å². The van der Waals surface area contributed by atoms with Crippen LogP contribution in [-0.2, 0) is 0 Å². The second kappa shape index (κ2) is 11.2. The van der Waals surface area contributed by atoms with Crippen LogP contribution < -0.4 is 4.90 Å². The Morgan fingerprint density at radius 1 is 0.340 bits per heavy atom. The van der Waals surface area contributed by atoms with Crippen LogP contribution in [0.4, 0.5) is 17.1 Å². The zero-order valence-corrected chi connectivity index (χ0v) is 25.7. The van der Waals surface area contributed by atoms with Gasteiger partial charge in [0.05, 0.1) is 16.7 Å². The van der Waals surface area contributed by atoms with E-state index in [9.17, 15) is 0 Å². The van der Waals surface area contributed by atoms with Crippen molar-refractivity contribution >= 4 is 49.9 Å². The highest BCUT2D eigenvalue weighted by Crippen LogP contribution is 2.47. The minimum Gasteiger partial charge on any atom is -0.310 e. The van der Waals surface area contributed by atoms with Crippen LogP contribution in [0.1, 0.15) is 0 Å². The molecule has 0 saturated carbocycles. The highest BCUT2D eigenvalue weighted by molar-refractivity contribution is 6.26. The molecule has 0 bridgehead atoms. The number of fused-ring (bicyclic) bond motifs is 5. The quantitative estimate of drug-likeness (QED) is 0.185. The number of hydrogen-bond donors (Lipinski definition) is 0. The van der Waals surface area contributed by atoms with E-state index in [1.54, 1.807) is 0 Å². The minimum absolute atomic E-state index is 1.11. The average Bonchev–Trinajstić information content (AvgIpc) is 3.66. The summed E-state index contributed by atoms with van der Waals surface area (Å²) in [5.74, 6) is 0. The molecule has 2 heterocycles. The summed E-state index contributed by atoms with van der Waals surface area (Å²) in [6, 6.07) is 67.2. The summed E-state index contributed by atoms with van der Waals surface area (Å²) >= 11 is 0. The summed E-state index contributed by atoms with van der Waals surface area (Å²) in [5, 5.41) is 3.68. The van der Waals surface area contributed by atoms with Crippen molar-refractivity contribution in [2.45, 2.75) is 0 Å². The van der Waals surface area contributed by atoms with Gasteiger partial charge in [-0.1, -0.05) is 121 Å². The van der Waals surface area contributed by atoms with E-state index in [-0.39, 0.29) is 0 Å². The number of anilines is 3. The molecule has 0 unspecified atom stereocenters. The van der Waals surface area contributed by atoms with E-state index >= 15 is 0 Å². The van der Waals surface area contributed by atoms with Crippen molar-refractivity contribution in [1.29, 1.82) is 0 Å². The van der Waals surface area contributed by atoms with E-state index in [0.717, 1.165) is 39.6 Å². The zero-order valence-electron chi connectivity index (χ0n) is 25.7. The van der Waals surface area contributed by atoms with Crippen LogP contribution in [0.3, 0.4) is 0 Å². The molecule has 9 rings (SSSR count). The van der Waals surface area contributed by atoms with Crippen molar-refractivity contribution in [2.75, 3.05) is 4.90 Å². The summed E-state index contributed by atoms with van der Waals surface area (Å²) in [6.07, 6.45) is 0. The van der Waals surface area contributed by atoms with E-state index in [2.05, 4.69) is 202 Å². The number of hydrogen-bond acceptors (Lipinski definition) is 1. The Kier molecular flexibility index (Phi) is 6.46. The second-order valence-electron chi connectivity index (χ2n) is 11.8. The van der Waals surface area contributed by atoms with Gasteiger partial charge in [-0.05, 0) is 77.9 Å². The fraction of sp³-hybridized carbons (Fsp3) is 0. The normalized spacial score (nSPS) is 11.4. The molecule has 222 valence electrons. The first-order valence-corrected chi connectivity index (χ1v) is 16.0. The van der Waals surface area contributed by atoms with Crippen LogP contribution in [0.5, 0.6) is 0 Å². The van der Waals surface area contributed by atoms with Gasteiger partial charge in [0.2, 0.25) is 0 Å². The van der Waals surface area contributed by atoms with E-state index in [1.807, 2.05) is 0 Å². The Morgan fingerprint density at radius 3 is 1.49 bits per heavy atom. The van der Waals surface area contributed by atoms with Crippen molar-refractivity contribution in [3.05, 3.63) is 188 Å². The summed E-state index contributed by atoms with van der Waals surface area (Å²) in [7, 11) is 0. The molecule has 47 heavy (non-hydrogen) atoms. The highest BCUT2D eigenvalue weighted by Gasteiger charge is 2.26. The molecule has 9 aromatic rings. The molecule has 0 aliphatic heterocycles. The van der Waals surface area contributed by atoms with Gasteiger partial charge in [0.25, 0.3) is 0 Å². The van der Waals surface area contributed by atoms with Gasteiger partial charge in [-0.25, -0.2) is 0 Å². The van der Waals surface area contributed by atoms with Gasteiger partial charge in [0, 0.05) is 38.9 Å². The maximum absolute atomic E-state index is 2.43. The molecule has 0 spiro atoms. The Morgan fingerprint density at radius 2 is 0.830 bits per heavy atom. The van der Waals surface area contributed by atoms with Crippen LogP contribution in [-0.4, -0.2) is 9.13 Å². The first-order chi connectivity index (χ1) is 23.4. The van der Waals surface area contributed by atoms with E-state index in [0.29, 0.717) is 0 Å². The van der Waals surface area contributed by atoms with Crippen LogP contribution >= 0.6 is 0 Å². The molecular formula is C44H31N3. The Bertz CT molecular complexity index is 2480. The van der Waals surface area contributed by atoms with Gasteiger partial charge in [-0.2, -0.15) is 0 Å². The molecule has 7 aromatic carbocycles. The number of aromatic nitrogens is 2. The van der Waals surface area contributed by atoms with Gasteiger partial charge in [0.1, 0.15) is 5.65 Å². The standard InChI is InChI=1S/C44H31N3/c1-5-16-32(17-6-1)33-28-30-37(31-29-33)45(34-18-7-2-8-19-34)40-26-15-27-41-43(40)42-38-24-13-14-25-39(38)46(35-20-9-3-10-21-35)44(42)47(41)36-22-11-4-12-23-36/h1-31H. The first kappa shape index (κ1) is 27.0. The Balaban J connectivity index is 1.40. The van der Waals surface area contributed by atoms with Crippen molar-refractivity contribution < 1.29 is 0 Å². The van der Waals surface area contributed by atoms with E-state index < -0.39 is 0 Å². The molecular weight excluding hydrogens is 571 g/mol. The SMILES string of the molecule is c1ccc(-c2ccc(N(c3ccccc3)c3cccc4c3c3c5ccccc5n(-c5ccccc5)c3n4-c3ccccc3)cc2)cc1. The first-order valence-electron chi connectivity index (χ1n) is 16.0. The molecule has 0 amide bonds. The van der Waals surface area contributed by atoms with Gasteiger partial charge >= 0.3 is 0 Å².